The number of primary sulfonamides is 1. The number of rotatable bonds is 5. The van der Waals surface area contributed by atoms with Gasteiger partial charge in [0.05, 0.1) is 17.6 Å². The van der Waals surface area contributed by atoms with Gasteiger partial charge in [-0.05, 0) is 30.7 Å². The molecule has 0 bridgehead atoms. The van der Waals surface area contributed by atoms with Crippen molar-refractivity contribution in [3.8, 4) is 5.75 Å². The summed E-state index contributed by atoms with van der Waals surface area (Å²) in [7, 11) is -0.836. The average molecular weight is 348 g/mol. The van der Waals surface area contributed by atoms with E-state index in [1.807, 2.05) is 31.2 Å². The van der Waals surface area contributed by atoms with Crippen LogP contribution in [0, 0.1) is 6.92 Å². The number of sulfonamides is 1. The molecule has 0 saturated heterocycles. The Morgan fingerprint density at radius 3 is 2.33 bits per heavy atom. The Bertz CT molecular complexity index is 845. The molecule has 0 atom stereocenters. The maximum atomic E-state index is 12.7. The topological polar surface area (TPSA) is 89.7 Å². The van der Waals surface area contributed by atoms with Gasteiger partial charge in [-0.3, -0.25) is 4.79 Å². The number of carbonyl (C=O) groups is 1. The minimum absolute atomic E-state index is 0.129. The Hall–Kier alpha value is -2.38. The molecule has 0 aromatic heterocycles. The molecule has 0 aliphatic rings. The number of amides is 1. The molecule has 0 spiro atoms. The standard InChI is InChI=1S/C17H20N2O4S/c1-12-4-6-13(7-5-12)11-19(2)17(20)15-10-14(24(18,21)22)8-9-16(15)23-3/h4-10H,11H2,1-3H3,(H2,18,21,22). The zero-order valence-electron chi connectivity index (χ0n) is 13.8. The van der Waals surface area contributed by atoms with Gasteiger partial charge in [-0.1, -0.05) is 29.8 Å². The molecule has 2 rings (SSSR count). The van der Waals surface area contributed by atoms with Crippen LogP contribution in [0.3, 0.4) is 0 Å². The van der Waals surface area contributed by atoms with Gasteiger partial charge in [0.15, 0.2) is 0 Å². The average Bonchev–Trinajstić information content (AvgIpc) is 2.54. The molecule has 6 nitrogen and oxygen atoms in total. The SMILES string of the molecule is COc1ccc(S(N)(=O)=O)cc1C(=O)N(C)Cc1ccc(C)cc1. The molecule has 1 amide bonds. The number of methoxy groups -OCH3 is 1. The molecular weight excluding hydrogens is 328 g/mol. The number of benzene rings is 2. The largest absolute Gasteiger partial charge is 0.496 e. The van der Waals surface area contributed by atoms with Crippen molar-refractivity contribution < 1.29 is 17.9 Å². The van der Waals surface area contributed by atoms with E-state index in [1.165, 1.54) is 30.2 Å². The van der Waals surface area contributed by atoms with Crippen LogP contribution in [-0.2, 0) is 16.6 Å². The predicted molar refractivity (Wildman–Crippen MR) is 91.3 cm³/mol. The molecule has 128 valence electrons. The lowest BCUT2D eigenvalue weighted by Gasteiger charge is -2.19. The van der Waals surface area contributed by atoms with Crippen LogP contribution in [0.5, 0.6) is 5.75 Å². The number of carbonyl (C=O) groups excluding carboxylic acids is 1. The Morgan fingerprint density at radius 2 is 1.79 bits per heavy atom. The lowest BCUT2D eigenvalue weighted by atomic mass is 10.1. The molecule has 7 heteroatoms. The fraction of sp³-hybridized carbons (Fsp3) is 0.235. The van der Waals surface area contributed by atoms with E-state index < -0.39 is 10.0 Å². The van der Waals surface area contributed by atoms with Crippen molar-refractivity contribution in [3.05, 3.63) is 59.2 Å². The lowest BCUT2D eigenvalue weighted by molar-refractivity contribution is 0.0781. The second-order valence-electron chi connectivity index (χ2n) is 5.55. The van der Waals surface area contributed by atoms with E-state index in [0.717, 1.165) is 11.1 Å². The number of hydrogen-bond acceptors (Lipinski definition) is 4. The van der Waals surface area contributed by atoms with Crippen LogP contribution in [0.15, 0.2) is 47.4 Å². The van der Waals surface area contributed by atoms with Gasteiger partial charge in [0.1, 0.15) is 5.75 Å². The Balaban J connectivity index is 2.31. The lowest BCUT2D eigenvalue weighted by Crippen LogP contribution is -2.27. The smallest absolute Gasteiger partial charge is 0.257 e. The normalized spacial score (nSPS) is 11.2. The van der Waals surface area contributed by atoms with Gasteiger partial charge in [0.25, 0.3) is 5.91 Å². The van der Waals surface area contributed by atoms with Gasteiger partial charge in [0.2, 0.25) is 10.0 Å². The van der Waals surface area contributed by atoms with E-state index in [-0.39, 0.29) is 16.4 Å². The summed E-state index contributed by atoms with van der Waals surface area (Å²) >= 11 is 0. The number of nitrogens with zero attached hydrogens (tertiary/aromatic N) is 1. The van der Waals surface area contributed by atoms with E-state index in [2.05, 4.69) is 0 Å². The van der Waals surface area contributed by atoms with Gasteiger partial charge in [-0.15, -0.1) is 0 Å². The van der Waals surface area contributed by atoms with E-state index in [0.29, 0.717) is 12.3 Å². The summed E-state index contributed by atoms with van der Waals surface area (Å²) in [5.74, 6) is -0.0546. The quantitative estimate of drug-likeness (QED) is 0.894. The zero-order chi connectivity index (χ0) is 17.9. The molecule has 0 aliphatic carbocycles. The zero-order valence-corrected chi connectivity index (χ0v) is 14.6. The van der Waals surface area contributed by atoms with E-state index in [1.54, 1.807) is 7.05 Å². The molecule has 0 aliphatic heterocycles. The third-order valence-corrected chi connectivity index (χ3v) is 4.53. The molecule has 0 fully saturated rings. The number of aryl methyl sites for hydroxylation is 1. The monoisotopic (exact) mass is 348 g/mol. The summed E-state index contributed by atoms with van der Waals surface area (Å²) in [5, 5.41) is 5.14. The van der Waals surface area contributed by atoms with Crippen LogP contribution >= 0.6 is 0 Å². The molecule has 0 heterocycles. The van der Waals surface area contributed by atoms with Crippen LogP contribution in [-0.4, -0.2) is 33.4 Å². The van der Waals surface area contributed by atoms with Crippen LogP contribution in [0.4, 0.5) is 0 Å². The van der Waals surface area contributed by atoms with E-state index >= 15 is 0 Å². The molecule has 0 unspecified atom stereocenters. The molecular formula is C17H20N2O4S. The summed E-state index contributed by atoms with van der Waals surface area (Å²) in [6.45, 7) is 2.38. The van der Waals surface area contributed by atoms with Gasteiger partial charge >= 0.3 is 0 Å². The summed E-state index contributed by atoms with van der Waals surface area (Å²) in [6.07, 6.45) is 0. The first-order valence-corrected chi connectivity index (χ1v) is 8.79. The molecule has 0 saturated carbocycles. The Kier molecular flexibility index (Phi) is 5.26. The molecule has 2 aromatic carbocycles. The molecule has 2 aromatic rings. The fourth-order valence-electron chi connectivity index (χ4n) is 2.28. The van der Waals surface area contributed by atoms with Crippen molar-refractivity contribution >= 4 is 15.9 Å². The van der Waals surface area contributed by atoms with Crippen LogP contribution in [0.2, 0.25) is 0 Å². The van der Waals surface area contributed by atoms with Crippen molar-refractivity contribution in [3.63, 3.8) is 0 Å². The summed E-state index contributed by atoms with van der Waals surface area (Å²) < 4.78 is 28.2. The first kappa shape index (κ1) is 18.0. The highest BCUT2D eigenvalue weighted by Crippen LogP contribution is 2.23. The minimum atomic E-state index is -3.90. The number of ether oxygens (including phenoxy) is 1. The first-order chi connectivity index (χ1) is 11.2. The van der Waals surface area contributed by atoms with Crippen molar-refractivity contribution in [2.24, 2.45) is 5.14 Å². The van der Waals surface area contributed by atoms with Crippen LogP contribution < -0.4 is 9.88 Å². The molecule has 24 heavy (non-hydrogen) atoms. The minimum Gasteiger partial charge on any atom is -0.496 e. The highest BCUT2D eigenvalue weighted by Gasteiger charge is 2.20. The maximum Gasteiger partial charge on any atom is 0.257 e. The van der Waals surface area contributed by atoms with E-state index in [9.17, 15) is 13.2 Å². The first-order valence-electron chi connectivity index (χ1n) is 7.24. The van der Waals surface area contributed by atoms with Crippen molar-refractivity contribution in [1.82, 2.24) is 4.90 Å². The highest BCUT2D eigenvalue weighted by molar-refractivity contribution is 7.89. The highest BCUT2D eigenvalue weighted by atomic mass is 32.2. The summed E-state index contributed by atoms with van der Waals surface area (Å²) in [4.78, 5) is 14.1. The second-order valence-corrected chi connectivity index (χ2v) is 7.12. The summed E-state index contributed by atoms with van der Waals surface area (Å²) in [5.41, 5.74) is 2.26. The Morgan fingerprint density at radius 1 is 1.17 bits per heavy atom. The van der Waals surface area contributed by atoms with Crippen molar-refractivity contribution in [2.75, 3.05) is 14.2 Å². The van der Waals surface area contributed by atoms with Gasteiger partial charge in [0, 0.05) is 13.6 Å². The second kappa shape index (κ2) is 7.02. The third-order valence-electron chi connectivity index (χ3n) is 3.62. The summed E-state index contributed by atoms with van der Waals surface area (Å²) in [6, 6.07) is 11.8. The maximum absolute atomic E-state index is 12.7. The molecule has 0 radical (unpaired) electrons. The molecule has 2 N–H and O–H groups in total. The number of hydrogen-bond donors (Lipinski definition) is 1. The van der Waals surface area contributed by atoms with Crippen LogP contribution in [0.1, 0.15) is 21.5 Å². The predicted octanol–water partition coefficient (Wildman–Crippen LogP) is 1.92. The Labute approximate surface area is 141 Å². The van der Waals surface area contributed by atoms with Crippen LogP contribution in [0.25, 0.3) is 0 Å². The number of nitrogens with two attached hydrogens (primary N) is 1. The third kappa shape index (κ3) is 4.12. The van der Waals surface area contributed by atoms with Crippen molar-refractivity contribution in [2.45, 2.75) is 18.4 Å². The fourth-order valence-corrected chi connectivity index (χ4v) is 2.82. The van der Waals surface area contributed by atoms with Gasteiger partial charge in [-0.2, -0.15) is 0 Å². The van der Waals surface area contributed by atoms with Crippen molar-refractivity contribution in [1.29, 1.82) is 0 Å². The van der Waals surface area contributed by atoms with Gasteiger partial charge < -0.3 is 9.64 Å². The van der Waals surface area contributed by atoms with E-state index in [4.69, 9.17) is 9.88 Å². The van der Waals surface area contributed by atoms with Gasteiger partial charge in [-0.25, -0.2) is 13.6 Å².